The van der Waals surface area contributed by atoms with Crippen molar-refractivity contribution in [3.8, 4) is 0 Å². The van der Waals surface area contributed by atoms with Gasteiger partial charge in [-0.2, -0.15) is 12.7 Å². The van der Waals surface area contributed by atoms with Gasteiger partial charge < -0.3 is 9.84 Å². The molecule has 2 N–H and O–H groups in total. The Morgan fingerprint density at radius 3 is 2.75 bits per heavy atom. The fourth-order valence-corrected chi connectivity index (χ4v) is 3.97. The second kappa shape index (κ2) is 7.70. The van der Waals surface area contributed by atoms with Crippen molar-refractivity contribution in [2.45, 2.75) is 44.6 Å². The monoisotopic (exact) mass is 306 g/mol. The first-order valence-corrected chi connectivity index (χ1v) is 9.02. The van der Waals surface area contributed by atoms with E-state index < -0.39 is 10.2 Å². The molecule has 2 fully saturated rings. The molecule has 1 saturated carbocycles. The normalized spacial score (nSPS) is 24.9. The zero-order valence-electron chi connectivity index (χ0n) is 12.0. The summed E-state index contributed by atoms with van der Waals surface area (Å²) in [5.74, 6) is 0.741. The Morgan fingerprint density at radius 1 is 1.25 bits per heavy atom. The standard InChI is InChI=1S/C13H26N2O4S/c16-10-13-4-1-2-8-15(13)20(17,18)14-7-3-9-19-11-12-5-6-12/h12-14,16H,1-11H2. The quantitative estimate of drug-likeness (QED) is 0.608. The van der Waals surface area contributed by atoms with Gasteiger partial charge in [0.15, 0.2) is 0 Å². The predicted molar refractivity (Wildman–Crippen MR) is 76.5 cm³/mol. The molecule has 6 nitrogen and oxygen atoms in total. The van der Waals surface area contributed by atoms with E-state index in [-0.39, 0.29) is 12.6 Å². The van der Waals surface area contributed by atoms with Gasteiger partial charge in [-0.3, -0.25) is 0 Å². The predicted octanol–water partition coefficient (Wildman–Crippen LogP) is 0.484. The van der Waals surface area contributed by atoms with Crippen LogP contribution in [0.5, 0.6) is 0 Å². The highest BCUT2D eigenvalue weighted by Crippen LogP contribution is 2.28. The molecule has 0 spiro atoms. The van der Waals surface area contributed by atoms with E-state index in [1.807, 2.05) is 0 Å². The number of ether oxygens (including phenoxy) is 1. The Kier molecular flexibility index (Phi) is 6.22. The summed E-state index contributed by atoms with van der Waals surface area (Å²) in [5.41, 5.74) is 0. The minimum atomic E-state index is -3.47. The number of aliphatic hydroxyl groups is 1. The van der Waals surface area contributed by atoms with Crippen molar-refractivity contribution in [3.63, 3.8) is 0 Å². The smallest absolute Gasteiger partial charge is 0.279 e. The SMILES string of the molecule is O=S(=O)(NCCCOCC1CC1)N1CCCCC1CO. The number of hydrogen-bond acceptors (Lipinski definition) is 4. The molecule has 2 rings (SSSR count). The highest BCUT2D eigenvalue weighted by Gasteiger charge is 2.31. The van der Waals surface area contributed by atoms with Crippen LogP contribution < -0.4 is 4.72 Å². The van der Waals surface area contributed by atoms with E-state index in [2.05, 4.69) is 4.72 Å². The van der Waals surface area contributed by atoms with Crippen molar-refractivity contribution in [1.29, 1.82) is 0 Å². The molecule has 1 saturated heterocycles. The summed E-state index contributed by atoms with van der Waals surface area (Å²) in [5, 5.41) is 9.27. The average molecular weight is 306 g/mol. The molecule has 2 aliphatic rings. The van der Waals surface area contributed by atoms with E-state index in [0.717, 1.165) is 31.8 Å². The van der Waals surface area contributed by atoms with Gasteiger partial charge in [0, 0.05) is 32.3 Å². The maximum atomic E-state index is 12.2. The third-order valence-corrected chi connectivity index (χ3v) is 5.56. The van der Waals surface area contributed by atoms with Crippen molar-refractivity contribution in [2.24, 2.45) is 5.92 Å². The van der Waals surface area contributed by atoms with Gasteiger partial charge in [0.2, 0.25) is 0 Å². The van der Waals surface area contributed by atoms with Crippen LogP contribution in [0.3, 0.4) is 0 Å². The van der Waals surface area contributed by atoms with E-state index in [1.165, 1.54) is 17.1 Å². The Hall–Kier alpha value is -0.210. The van der Waals surface area contributed by atoms with Crippen LogP contribution in [0.2, 0.25) is 0 Å². The summed E-state index contributed by atoms with van der Waals surface area (Å²) >= 11 is 0. The maximum absolute atomic E-state index is 12.2. The van der Waals surface area contributed by atoms with Crippen LogP contribution in [0, 0.1) is 5.92 Å². The number of nitrogens with one attached hydrogen (secondary N) is 1. The third kappa shape index (κ3) is 4.96. The molecule has 0 aromatic rings. The fraction of sp³-hybridized carbons (Fsp3) is 1.00. The van der Waals surface area contributed by atoms with E-state index in [0.29, 0.717) is 26.1 Å². The van der Waals surface area contributed by atoms with Crippen LogP contribution in [-0.2, 0) is 14.9 Å². The number of rotatable bonds is 9. The molecule has 0 radical (unpaired) electrons. The highest BCUT2D eigenvalue weighted by atomic mass is 32.2. The largest absolute Gasteiger partial charge is 0.395 e. The molecule has 1 aliphatic carbocycles. The zero-order valence-corrected chi connectivity index (χ0v) is 12.8. The van der Waals surface area contributed by atoms with Gasteiger partial charge >= 0.3 is 0 Å². The van der Waals surface area contributed by atoms with Crippen molar-refractivity contribution >= 4 is 10.2 Å². The van der Waals surface area contributed by atoms with E-state index in [1.54, 1.807) is 0 Å². The van der Waals surface area contributed by atoms with Crippen LogP contribution in [0.25, 0.3) is 0 Å². The summed E-state index contributed by atoms with van der Waals surface area (Å²) in [6, 6.07) is -0.271. The van der Waals surface area contributed by atoms with E-state index in [4.69, 9.17) is 4.74 Å². The molecule has 7 heteroatoms. The number of hydrogen-bond donors (Lipinski definition) is 2. The molecule has 20 heavy (non-hydrogen) atoms. The third-order valence-electron chi connectivity index (χ3n) is 3.89. The molecule has 0 amide bonds. The van der Waals surface area contributed by atoms with Crippen molar-refractivity contribution in [2.75, 3.05) is 32.9 Å². The summed E-state index contributed by atoms with van der Waals surface area (Å²) in [4.78, 5) is 0. The molecule has 1 atom stereocenters. The van der Waals surface area contributed by atoms with Crippen LogP contribution in [0.4, 0.5) is 0 Å². The Bertz CT molecular complexity index is 384. The fourth-order valence-electron chi connectivity index (χ4n) is 2.47. The molecular weight excluding hydrogens is 280 g/mol. The van der Waals surface area contributed by atoms with E-state index >= 15 is 0 Å². The van der Waals surface area contributed by atoms with Crippen molar-refractivity contribution < 1.29 is 18.3 Å². The maximum Gasteiger partial charge on any atom is 0.279 e. The molecule has 1 unspecified atom stereocenters. The van der Waals surface area contributed by atoms with Gasteiger partial charge in [0.1, 0.15) is 0 Å². The summed E-state index contributed by atoms with van der Waals surface area (Å²) in [7, 11) is -3.47. The topological polar surface area (TPSA) is 78.9 Å². The van der Waals surface area contributed by atoms with Gasteiger partial charge in [0.25, 0.3) is 10.2 Å². The van der Waals surface area contributed by atoms with Crippen LogP contribution in [0.1, 0.15) is 38.5 Å². The summed E-state index contributed by atoms with van der Waals surface area (Å²) in [6.45, 7) is 2.19. The van der Waals surface area contributed by atoms with Gasteiger partial charge in [-0.15, -0.1) is 0 Å². The van der Waals surface area contributed by atoms with Crippen LogP contribution in [0.15, 0.2) is 0 Å². The molecule has 1 aliphatic heterocycles. The van der Waals surface area contributed by atoms with E-state index in [9.17, 15) is 13.5 Å². The Labute approximate surface area is 121 Å². The lowest BCUT2D eigenvalue weighted by atomic mass is 10.1. The van der Waals surface area contributed by atoms with Gasteiger partial charge in [-0.25, -0.2) is 4.72 Å². The van der Waals surface area contributed by atoms with Crippen LogP contribution >= 0.6 is 0 Å². The first kappa shape index (κ1) is 16.2. The molecule has 0 bridgehead atoms. The van der Waals surface area contributed by atoms with Gasteiger partial charge in [-0.05, 0) is 38.0 Å². The molecule has 0 aromatic carbocycles. The van der Waals surface area contributed by atoms with Crippen LogP contribution in [-0.4, -0.2) is 56.8 Å². The Morgan fingerprint density at radius 2 is 2.05 bits per heavy atom. The minimum Gasteiger partial charge on any atom is -0.395 e. The zero-order chi connectivity index (χ0) is 14.4. The number of piperidine rings is 1. The second-order valence-electron chi connectivity index (χ2n) is 5.71. The molecule has 1 heterocycles. The molecule has 0 aromatic heterocycles. The molecule has 118 valence electrons. The first-order chi connectivity index (χ1) is 9.63. The first-order valence-electron chi connectivity index (χ1n) is 7.58. The summed E-state index contributed by atoms with van der Waals surface area (Å²) in [6.07, 6.45) is 5.80. The average Bonchev–Trinajstić information content (AvgIpc) is 3.26. The lowest BCUT2D eigenvalue weighted by Gasteiger charge is -2.33. The Balaban J connectivity index is 1.66. The lowest BCUT2D eigenvalue weighted by Crippen LogP contribution is -2.50. The minimum absolute atomic E-state index is 0.106. The van der Waals surface area contributed by atoms with Crippen molar-refractivity contribution in [1.82, 2.24) is 9.03 Å². The molecular formula is C13H26N2O4S. The van der Waals surface area contributed by atoms with Gasteiger partial charge in [-0.1, -0.05) is 6.42 Å². The number of nitrogens with zero attached hydrogens (tertiary/aromatic N) is 1. The summed E-state index contributed by atoms with van der Waals surface area (Å²) < 4.78 is 33.8. The lowest BCUT2D eigenvalue weighted by molar-refractivity contribution is 0.122. The highest BCUT2D eigenvalue weighted by molar-refractivity contribution is 7.87. The van der Waals surface area contributed by atoms with Crippen molar-refractivity contribution in [3.05, 3.63) is 0 Å². The second-order valence-corrected chi connectivity index (χ2v) is 7.42. The van der Waals surface area contributed by atoms with Gasteiger partial charge in [0.05, 0.1) is 6.61 Å². The number of aliphatic hydroxyl groups excluding tert-OH is 1.